The van der Waals surface area contributed by atoms with Crippen molar-refractivity contribution in [3.63, 3.8) is 0 Å². The minimum Gasteiger partial charge on any atom is -0.744 e. The second-order valence-electron chi connectivity index (χ2n) is 3.98. The van der Waals surface area contributed by atoms with Gasteiger partial charge in [-0.3, -0.25) is 0 Å². The average Bonchev–Trinajstić information content (AvgIpc) is 2.37. The van der Waals surface area contributed by atoms with Crippen LogP contribution in [-0.4, -0.2) is 13.0 Å². The van der Waals surface area contributed by atoms with Gasteiger partial charge in [-0.2, -0.15) is 10.2 Å². The molecular weight excluding hydrogens is 287 g/mol. The second-order valence-corrected chi connectivity index (χ2v) is 5.36. The molecule has 0 saturated carbocycles. The number of rotatable bonds is 3. The Balaban J connectivity index is 0.00000200. The Kier molecular flexibility index (Phi) is 6.04. The molecule has 20 heavy (non-hydrogen) atoms. The summed E-state index contributed by atoms with van der Waals surface area (Å²) in [6.07, 6.45) is 0. The third kappa shape index (κ3) is 4.81. The Morgan fingerprint density at radius 3 is 1.65 bits per heavy atom. The Hall–Kier alpha value is -1.05. The van der Waals surface area contributed by atoms with E-state index in [0.717, 1.165) is 5.56 Å². The van der Waals surface area contributed by atoms with Gasteiger partial charge in [0.1, 0.15) is 10.1 Å². The van der Waals surface area contributed by atoms with E-state index in [1.807, 2.05) is 31.2 Å². The van der Waals surface area contributed by atoms with Crippen LogP contribution in [0.25, 0.3) is 0 Å². The molecule has 2 aromatic rings. The molecule has 98 valence electrons. The number of hydrogen-bond donors (Lipinski definition) is 0. The maximum absolute atomic E-state index is 10.7. The molecule has 0 unspecified atom stereocenters. The second kappa shape index (κ2) is 7.10. The molecule has 2 aromatic carbocycles. The van der Waals surface area contributed by atoms with Crippen molar-refractivity contribution in [1.82, 2.24) is 0 Å². The van der Waals surface area contributed by atoms with Gasteiger partial charge in [-0.05, 0) is 43.3 Å². The molecule has 0 aliphatic rings. The van der Waals surface area contributed by atoms with Crippen LogP contribution in [0.4, 0.5) is 11.4 Å². The van der Waals surface area contributed by atoms with Crippen LogP contribution in [0.2, 0.25) is 0 Å². The fourth-order valence-electron chi connectivity index (χ4n) is 1.41. The van der Waals surface area contributed by atoms with Crippen LogP contribution in [0, 0.1) is 6.92 Å². The fraction of sp³-hybridized carbons (Fsp3) is 0.0769. The van der Waals surface area contributed by atoms with Crippen molar-refractivity contribution in [1.29, 1.82) is 0 Å². The molecule has 2 rings (SSSR count). The van der Waals surface area contributed by atoms with Crippen molar-refractivity contribution in [2.45, 2.75) is 11.8 Å². The summed E-state index contributed by atoms with van der Waals surface area (Å²) in [7, 11) is -4.41. The van der Waals surface area contributed by atoms with Gasteiger partial charge < -0.3 is 4.55 Å². The number of benzene rings is 2. The first-order valence-corrected chi connectivity index (χ1v) is 6.90. The standard InChI is InChI=1S/C13H12N2O3S.Na/c1-10-2-4-11(5-3-10)14-15-12-6-8-13(9-7-12)19(16,17)18;/h2-9H,1H3,(H,16,17,18);/q;+1/p-1. The van der Waals surface area contributed by atoms with E-state index in [1.165, 1.54) is 24.3 Å². The summed E-state index contributed by atoms with van der Waals surface area (Å²) in [4.78, 5) is -0.276. The maximum atomic E-state index is 10.7. The van der Waals surface area contributed by atoms with Gasteiger partial charge in [0.05, 0.1) is 16.3 Å². The van der Waals surface area contributed by atoms with E-state index in [9.17, 15) is 13.0 Å². The van der Waals surface area contributed by atoms with E-state index < -0.39 is 10.1 Å². The molecule has 0 bridgehead atoms. The predicted octanol–water partition coefficient (Wildman–Crippen LogP) is 0.319. The van der Waals surface area contributed by atoms with E-state index in [1.54, 1.807) is 0 Å². The SMILES string of the molecule is Cc1ccc(N=Nc2ccc(S(=O)(=O)[O-])cc2)cc1.[Na+]. The van der Waals surface area contributed by atoms with Gasteiger partial charge in [0.25, 0.3) is 0 Å². The van der Waals surface area contributed by atoms with E-state index in [2.05, 4.69) is 10.2 Å². The first-order valence-electron chi connectivity index (χ1n) is 5.49. The fourth-order valence-corrected chi connectivity index (χ4v) is 1.88. The van der Waals surface area contributed by atoms with Crippen molar-refractivity contribution in [2.24, 2.45) is 10.2 Å². The number of aryl methyl sites for hydroxylation is 1. The summed E-state index contributed by atoms with van der Waals surface area (Å²) in [6.45, 7) is 1.98. The molecule has 7 heteroatoms. The monoisotopic (exact) mass is 298 g/mol. The molecule has 0 aromatic heterocycles. The molecular formula is C13H11N2NaO3S. The summed E-state index contributed by atoms with van der Waals surface area (Å²) in [5.41, 5.74) is 2.31. The van der Waals surface area contributed by atoms with Crippen LogP contribution in [-0.2, 0) is 10.1 Å². The molecule has 5 nitrogen and oxygen atoms in total. The topological polar surface area (TPSA) is 81.9 Å². The minimum absolute atomic E-state index is 0. The summed E-state index contributed by atoms with van der Waals surface area (Å²) in [5.74, 6) is 0. The first-order chi connectivity index (χ1) is 8.95. The van der Waals surface area contributed by atoms with Crippen molar-refractivity contribution < 1.29 is 42.5 Å². The third-order valence-corrected chi connectivity index (χ3v) is 3.29. The van der Waals surface area contributed by atoms with E-state index in [4.69, 9.17) is 0 Å². The van der Waals surface area contributed by atoms with Gasteiger partial charge in [0, 0.05) is 0 Å². The zero-order valence-electron chi connectivity index (χ0n) is 11.1. The van der Waals surface area contributed by atoms with Gasteiger partial charge in [0.2, 0.25) is 0 Å². The van der Waals surface area contributed by atoms with Crippen LogP contribution in [0.5, 0.6) is 0 Å². The maximum Gasteiger partial charge on any atom is 1.00 e. The first kappa shape index (κ1) is 17.0. The molecule has 0 aliphatic heterocycles. The van der Waals surface area contributed by atoms with Gasteiger partial charge in [-0.15, -0.1) is 0 Å². The Morgan fingerprint density at radius 1 is 0.850 bits per heavy atom. The zero-order chi connectivity index (χ0) is 13.9. The van der Waals surface area contributed by atoms with Crippen LogP contribution < -0.4 is 29.6 Å². The van der Waals surface area contributed by atoms with E-state index >= 15 is 0 Å². The van der Waals surface area contributed by atoms with Crippen molar-refractivity contribution in [2.75, 3.05) is 0 Å². The van der Waals surface area contributed by atoms with Crippen LogP contribution >= 0.6 is 0 Å². The smallest absolute Gasteiger partial charge is 0.744 e. The van der Waals surface area contributed by atoms with Crippen molar-refractivity contribution in [3.8, 4) is 0 Å². The van der Waals surface area contributed by atoms with Crippen molar-refractivity contribution >= 4 is 21.5 Å². The van der Waals surface area contributed by atoms with Crippen molar-refractivity contribution in [3.05, 3.63) is 54.1 Å². The molecule has 0 spiro atoms. The largest absolute Gasteiger partial charge is 1.00 e. The zero-order valence-corrected chi connectivity index (χ0v) is 14.0. The quantitative estimate of drug-likeness (QED) is 0.465. The van der Waals surface area contributed by atoms with Gasteiger partial charge in [-0.1, -0.05) is 17.7 Å². The predicted molar refractivity (Wildman–Crippen MR) is 69.8 cm³/mol. The van der Waals surface area contributed by atoms with Crippen LogP contribution in [0.1, 0.15) is 5.56 Å². The Bertz CT molecular complexity index is 695. The van der Waals surface area contributed by atoms with Gasteiger partial charge >= 0.3 is 29.6 Å². The normalized spacial score (nSPS) is 11.3. The number of nitrogens with zero attached hydrogens (tertiary/aromatic N) is 2. The summed E-state index contributed by atoms with van der Waals surface area (Å²) < 4.78 is 32.2. The number of azo groups is 1. The molecule has 0 atom stereocenters. The molecule has 0 amide bonds. The molecule has 0 aliphatic carbocycles. The van der Waals surface area contributed by atoms with Gasteiger partial charge in [-0.25, -0.2) is 8.42 Å². The van der Waals surface area contributed by atoms with Gasteiger partial charge in [0.15, 0.2) is 0 Å². The molecule has 0 saturated heterocycles. The minimum atomic E-state index is -4.41. The summed E-state index contributed by atoms with van der Waals surface area (Å²) >= 11 is 0. The number of hydrogen-bond acceptors (Lipinski definition) is 5. The third-order valence-electron chi connectivity index (χ3n) is 2.44. The van der Waals surface area contributed by atoms with E-state index in [-0.39, 0.29) is 34.5 Å². The molecule has 0 N–H and O–H groups in total. The van der Waals surface area contributed by atoms with E-state index in [0.29, 0.717) is 11.4 Å². The molecule has 0 radical (unpaired) electrons. The van der Waals surface area contributed by atoms with Crippen LogP contribution in [0.3, 0.4) is 0 Å². The summed E-state index contributed by atoms with van der Waals surface area (Å²) in [6, 6.07) is 12.8. The average molecular weight is 298 g/mol. The van der Waals surface area contributed by atoms with Crippen LogP contribution in [0.15, 0.2) is 63.7 Å². The Labute approximate surface area is 139 Å². The molecule has 0 fully saturated rings. The molecule has 0 heterocycles. The Morgan fingerprint density at radius 2 is 1.25 bits per heavy atom. The summed E-state index contributed by atoms with van der Waals surface area (Å²) in [5, 5.41) is 7.96.